The molecule has 2 aromatic rings. The van der Waals surface area contributed by atoms with Gasteiger partial charge in [0.1, 0.15) is 0 Å². The van der Waals surface area contributed by atoms with Crippen molar-refractivity contribution in [3.63, 3.8) is 0 Å². The van der Waals surface area contributed by atoms with E-state index in [-0.39, 0.29) is 11.9 Å². The van der Waals surface area contributed by atoms with Gasteiger partial charge in [0, 0.05) is 23.5 Å². The number of hydrogen-bond acceptors (Lipinski definition) is 1. The highest BCUT2D eigenvalue weighted by molar-refractivity contribution is 6.01. The number of benzene rings is 1. The summed E-state index contributed by atoms with van der Waals surface area (Å²) in [5.41, 5.74) is 8.64. The molecule has 0 spiro atoms. The van der Waals surface area contributed by atoms with Gasteiger partial charge >= 0.3 is 0 Å². The van der Waals surface area contributed by atoms with E-state index in [4.69, 9.17) is 0 Å². The molecule has 36 heavy (non-hydrogen) atoms. The van der Waals surface area contributed by atoms with Crippen molar-refractivity contribution < 1.29 is 4.79 Å². The van der Waals surface area contributed by atoms with Crippen LogP contribution in [-0.2, 0) is 11.2 Å². The molecule has 0 saturated heterocycles. The highest BCUT2D eigenvalue weighted by atomic mass is 16.2. The van der Waals surface area contributed by atoms with Crippen LogP contribution in [0.25, 0.3) is 6.08 Å². The lowest BCUT2D eigenvalue weighted by Crippen LogP contribution is -2.41. The molecule has 0 radical (unpaired) electrons. The molecule has 1 atom stereocenters. The van der Waals surface area contributed by atoms with Gasteiger partial charge in [0.15, 0.2) is 0 Å². The maximum atomic E-state index is 13.8. The van der Waals surface area contributed by atoms with Crippen molar-refractivity contribution in [1.29, 1.82) is 0 Å². The van der Waals surface area contributed by atoms with Crippen LogP contribution in [0.5, 0.6) is 0 Å². The predicted molar refractivity (Wildman–Crippen MR) is 158 cm³/mol. The van der Waals surface area contributed by atoms with Crippen molar-refractivity contribution in [2.75, 3.05) is 6.54 Å². The number of fused-ring (bicyclic) bond motifs is 1. The molecule has 0 aliphatic carbocycles. The molecule has 1 aromatic carbocycles. The summed E-state index contributed by atoms with van der Waals surface area (Å²) in [6, 6.07) is 7.87. The Morgan fingerprint density at radius 2 is 1.72 bits per heavy atom. The van der Waals surface area contributed by atoms with Crippen LogP contribution in [0.4, 0.5) is 0 Å². The number of aromatic amines is 1. The summed E-state index contributed by atoms with van der Waals surface area (Å²) in [5.74, 6) is -0.0155. The molecule has 1 aromatic heterocycles. The van der Waals surface area contributed by atoms with E-state index in [1.807, 2.05) is 69.0 Å². The Bertz CT molecular complexity index is 1140. The number of H-pyrrole nitrogens is 1. The third kappa shape index (κ3) is 7.21. The fourth-order valence-corrected chi connectivity index (χ4v) is 4.29. The van der Waals surface area contributed by atoms with E-state index in [1.54, 1.807) is 18.2 Å². The highest BCUT2D eigenvalue weighted by Gasteiger charge is 2.35. The topological polar surface area (TPSA) is 36.1 Å². The number of aromatic nitrogens is 1. The van der Waals surface area contributed by atoms with Gasteiger partial charge in [0.2, 0.25) is 0 Å². The van der Waals surface area contributed by atoms with Crippen molar-refractivity contribution in [2.45, 2.75) is 60.9 Å². The second-order valence-corrected chi connectivity index (χ2v) is 8.39. The van der Waals surface area contributed by atoms with Crippen molar-refractivity contribution in [2.24, 2.45) is 0 Å². The fraction of sp³-hybridized carbons (Fsp3) is 0.303. The van der Waals surface area contributed by atoms with Crippen LogP contribution in [-0.4, -0.2) is 22.3 Å². The minimum Gasteiger partial charge on any atom is -0.360 e. The SMILES string of the molecule is C=C/C=C(\C=C/C)C1c2[nH]c(C)c(C)c2CCN1C(=O)/C(C=C)=C/c1ccccc1C.C=CC.CC. The fourth-order valence-electron chi connectivity index (χ4n) is 4.29. The molecule has 1 aliphatic rings. The Morgan fingerprint density at radius 1 is 1.08 bits per heavy atom. The zero-order chi connectivity index (χ0) is 27.3. The van der Waals surface area contributed by atoms with Crippen LogP contribution in [0, 0.1) is 20.8 Å². The van der Waals surface area contributed by atoms with Gasteiger partial charge in [-0.15, -0.1) is 6.58 Å². The molecule has 3 rings (SSSR count). The number of nitrogens with one attached hydrogen (secondary N) is 1. The van der Waals surface area contributed by atoms with Crippen LogP contribution in [0.3, 0.4) is 0 Å². The van der Waals surface area contributed by atoms with Crippen LogP contribution in [0.1, 0.15) is 67.4 Å². The van der Waals surface area contributed by atoms with E-state index in [1.165, 1.54) is 11.1 Å². The van der Waals surface area contributed by atoms with Crippen molar-refractivity contribution in [3.05, 3.63) is 125 Å². The smallest absolute Gasteiger partial charge is 0.254 e. The lowest BCUT2D eigenvalue weighted by Gasteiger charge is -2.37. The molecular formula is C33H44N2O. The summed E-state index contributed by atoms with van der Waals surface area (Å²) in [4.78, 5) is 19.3. The minimum atomic E-state index is -0.196. The molecule has 0 bridgehead atoms. The van der Waals surface area contributed by atoms with E-state index in [9.17, 15) is 4.79 Å². The molecule has 1 amide bonds. The van der Waals surface area contributed by atoms with Crippen molar-refractivity contribution in [3.8, 4) is 0 Å². The normalized spacial score (nSPS) is 15.2. The summed E-state index contributed by atoms with van der Waals surface area (Å²) >= 11 is 0. The first kappa shape index (κ1) is 30.4. The molecule has 1 N–H and O–H groups in total. The first-order chi connectivity index (χ1) is 17.3. The zero-order valence-corrected chi connectivity index (χ0v) is 23.3. The largest absolute Gasteiger partial charge is 0.360 e. The molecule has 1 aliphatic heterocycles. The molecular weight excluding hydrogens is 440 g/mol. The molecule has 1 unspecified atom stereocenters. The van der Waals surface area contributed by atoms with Gasteiger partial charge in [-0.1, -0.05) is 87.7 Å². The Hall–Kier alpha value is -3.59. The van der Waals surface area contributed by atoms with Gasteiger partial charge in [0.05, 0.1) is 6.04 Å². The third-order valence-corrected chi connectivity index (χ3v) is 6.06. The molecule has 2 heterocycles. The third-order valence-electron chi connectivity index (χ3n) is 6.06. The van der Waals surface area contributed by atoms with Gasteiger partial charge in [-0.05, 0) is 74.9 Å². The summed E-state index contributed by atoms with van der Waals surface area (Å²) in [6.45, 7) is 26.0. The van der Waals surface area contributed by atoms with E-state index < -0.39 is 0 Å². The maximum absolute atomic E-state index is 13.8. The van der Waals surface area contributed by atoms with E-state index in [2.05, 4.69) is 57.6 Å². The number of nitrogens with zero attached hydrogens (tertiary/aromatic N) is 1. The van der Waals surface area contributed by atoms with Crippen molar-refractivity contribution in [1.82, 2.24) is 9.88 Å². The van der Waals surface area contributed by atoms with Gasteiger partial charge in [-0.3, -0.25) is 4.79 Å². The van der Waals surface area contributed by atoms with Crippen LogP contribution in [0.2, 0.25) is 0 Å². The first-order valence-corrected chi connectivity index (χ1v) is 12.7. The Morgan fingerprint density at radius 3 is 2.28 bits per heavy atom. The van der Waals surface area contributed by atoms with Gasteiger partial charge in [-0.2, -0.15) is 0 Å². The van der Waals surface area contributed by atoms with Gasteiger partial charge in [0.25, 0.3) is 5.91 Å². The standard InChI is InChI=1S/C28H32N2O.C3H6.C2H6/c1-7-12-23(13-8-2)27-26-25(20(5)21(6)29-26)16-17-30(27)28(31)22(9-3)18-24-15-11-10-14-19(24)4;1-3-2;1-2/h7-15,18,27,29H,1,3,16-17H2,2,4-6H3;3H,1H2,2H3;1-2H3/b13-8-,22-18+,23-12+;;. The monoisotopic (exact) mass is 484 g/mol. The van der Waals surface area contributed by atoms with E-state index in [0.717, 1.165) is 34.5 Å². The molecule has 0 fully saturated rings. The number of hydrogen-bond donors (Lipinski definition) is 1. The van der Waals surface area contributed by atoms with Crippen LogP contribution < -0.4 is 0 Å². The number of aryl methyl sites for hydroxylation is 2. The van der Waals surface area contributed by atoms with Crippen LogP contribution in [0.15, 0.2) is 91.6 Å². The quantitative estimate of drug-likeness (QED) is 0.249. The first-order valence-electron chi connectivity index (χ1n) is 12.7. The second kappa shape index (κ2) is 15.4. The average molecular weight is 485 g/mol. The number of rotatable bonds is 6. The van der Waals surface area contributed by atoms with E-state index >= 15 is 0 Å². The zero-order valence-electron chi connectivity index (χ0n) is 23.3. The molecule has 0 saturated carbocycles. The Labute approximate surface area is 219 Å². The Kier molecular flexibility index (Phi) is 13.0. The Balaban J connectivity index is 0.00000120. The minimum absolute atomic E-state index is 0.0155. The number of amides is 1. The van der Waals surface area contributed by atoms with E-state index in [0.29, 0.717) is 12.1 Å². The summed E-state index contributed by atoms with van der Waals surface area (Å²) in [6.07, 6.45) is 14.0. The number of allylic oxidation sites excluding steroid dienone is 4. The summed E-state index contributed by atoms with van der Waals surface area (Å²) < 4.78 is 0. The maximum Gasteiger partial charge on any atom is 0.254 e. The number of carbonyl (C=O) groups excluding carboxylic acids is 1. The van der Waals surface area contributed by atoms with Crippen molar-refractivity contribution >= 4 is 12.0 Å². The second-order valence-electron chi connectivity index (χ2n) is 8.39. The number of carbonyl (C=O) groups is 1. The van der Waals surface area contributed by atoms with Gasteiger partial charge < -0.3 is 9.88 Å². The summed E-state index contributed by atoms with van der Waals surface area (Å²) in [7, 11) is 0. The highest BCUT2D eigenvalue weighted by Crippen LogP contribution is 2.38. The van der Waals surface area contributed by atoms with Crippen LogP contribution >= 0.6 is 0 Å². The lowest BCUT2D eigenvalue weighted by atomic mass is 9.90. The predicted octanol–water partition coefficient (Wildman–Crippen LogP) is 8.54. The van der Waals surface area contributed by atoms with Gasteiger partial charge in [-0.25, -0.2) is 0 Å². The molecule has 3 nitrogen and oxygen atoms in total. The molecule has 3 heteroatoms. The molecule has 192 valence electrons. The summed E-state index contributed by atoms with van der Waals surface area (Å²) in [5, 5.41) is 0. The average Bonchev–Trinajstić information content (AvgIpc) is 3.17. The lowest BCUT2D eigenvalue weighted by molar-refractivity contribution is -0.128.